The zero-order chi connectivity index (χ0) is 12.1. The van der Waals surface area contributed by atoms with Crippen molar-refractivity contribution in [2.75, 3.05) is 6.61 Å². The lowest BCUT2D eigenvalue weighted by molar-refractivity contribution is -0.508. The van der Waals surface area contributed by atoms with Gasteiger partial charge in [-0.15, -0.1) is 0 Å². The Morgan fingerprint density at radius 2 is 2.12 bits per heavy atom. The van der Waals surface area contributed by atoms with Crippen LogP contribution in [0.25, 0.3) is 0 Å². The smallest absolute Gasteiger partial charge is 0.312 e. The van der Waals surface area contributed by atoms with Gasteiger partial charge in [-0.25, -0.2) is 4.74 Å². The van der Waals surface area contributed by atoms with Crippen LogP contribution < -0.4 is 0 Å². The monoisotopic (exact) mass is 237 g/mol. The molecule has 0 N–H and O–H groups in total. The third kappa shape index (κ3) is 3.32. The van der Waals surface area contributed by atoms with E-state index < -0.39 is 0 Å². The van der Waals surface area contributed by atoms with Crippen molar-refractivity contribution in [2.45, 2.75) is 51.0 Å². The van der Waals surface area contributed by atoms with Crippen LogP contribution in [0.2, 0.25) is 0 Å². The van der Waals surface area contributed by atoms with Crippen LogP contribution in [-0.2, 0) is 9.53 Å². The molecule has 17 heavy (non-hydrogen) atoms. The molecule has 0 aromatic carbocycles. The number of carbonyl (C=O) groups is 1. The van der Waals surface area contributed by atoms with E-state index in [4.69, 9.17) is 4.74 Å². The SMILES string of the molecule is O=C1CC2CCCC(=[N+]2[O-])CCC/C=C/CO1. The molecule has 0 amide bonds. The van der Waals surface area contributed by atoms with Crippen molar-refractivity contribution < 1.29 is 14.3 Å². The summed E-state index contributed by atoms with van der Waals surface area (Å²) < 4.78 is 6.13. The summed E-state index contributed by atoms with van der Waals surface area (Å²) in [4.78, 5) is 11.5. The van der Waals surface area contributed by atoms with Gasteiger partial charge in [0, 0.05) is 19.3 Å². The van der Waals surface area contributed by atoms with E-state index in [-0.39, 0.29) is 18.4 Å². The van der Waals surface area contributed by atoms with E-state index in [2.05, 4.69) is 0 Å². The molecule has 1 atom stereocenters. The molecule has 2 rings (SSSR count). The van der Waals surface area contributed by atoms with Gasteiger partial charge in [-0.05, 0) is 19.3 Å². The largest absolute Gasteiger partial charge is 0.624 e. The Morgan fingerprint density at radius 3 is 3.00 bits per heavy atom. The molecule has 4 nitrogen and oxygen atoms in total. The van der Waals surface area contributed by atoms with E-state index in [9.17, 15) is 10.0 Å². The average Bonchev–Trinajstić information content (AvgIpc) is 2.31. The number of nitrogens with zero attached hydrogens (tertiary/aromatic N) is 1. The second kappa shape index (κ2) is 5.84. The van der Waals surface area contributed by atoms with E-state index in [1.165, 1.54) is 0 Å². The van der Waals surface area contributed by atoms with E-state index in [0.717, 1.165) is 49.0 Å². The number of rotatable bonds is 0. The molecule has 0 aromatic rings. The molecule has 2 aliphatic rings. The maximum atomic E-state index is 12.0. The molecule has 0 aromatic heterocycles. The van der Waals surface area contributed by atoms with Crippen molar-refractivity contribution >= 4 is 11.7 Å². The number of ether oxygens (including phenoxy) is 1. The first kappa shape index (κ1) is 12.1. The van der Waals surface area contributed by atoms with Crippen molar-refractivity contribution in [1.82, 2.24) is 0 Å². The minimum Gasteiger partial charge on any atom is -0.624 e. The summed E-state index contributed by atoms with van der Waals surface area (Å²) in [5.74, 6) is -0.262. The van der Waals surface area contributed by atoms with E-state index in [1.807, 2.05) is 12.2 Å². The second-order valence-electron chi connectivity index (χ2n) is 4.69. The maximum absolute atomic E-state index is 12.0. The number of hydrogen-bond donors (Lipinski definition) is 0. The number of fused-ring (bicyclic) bond motifs is 1. The fourth-order valence-corrected chi connectivity index (χ4v) is 2.45. The topological polar surface area (TPSA) is 52.4 Å². The zero-order valence-corrected chi connectivity index (χ0v) is 10.1. The number of hydroxylamine groups is 1. The number of esters is 1. The highest BCUT2D eigenvalue weighted by molar-refractivity contribution is 5.80. The summed E-state index contributed by atoms with van der Waals surface area (Å²) in [6, 6.07) is -0.199. The van der Waals surface area contributed by atoms with Gasteiger partial charge in [-0.2, -0.15) is 0 Å². The highest BCUT2D eigenvalue weighted by atomic mass is 16.5. The molecule has 0 saturated heterocycles. The number of allylic oxidation sites excluding steroid dienone is 1. The van der Waals surface area contributed by atoms with Gasteiger partial charge in [0.25, 0.3) is 0 Å². The Kier molecular flexibility index (Phi) is 4.18. The molecular formula is C13H19NO3. The molecule has 0 spiro atoms. The Morgan fingerprint density at radius 1 is 1.29 bits per heavy atom. The standard InChI is InChI=1S/C13H19NO3/c15-13-10-12-8-5-7-11(14(12)16)6-3-1-2-4-9-17-13/h2,4,12H,1,3,5-10H2/b4-2+. The molecule has 0 saturated carbocycles. The Bertz CT molecular complexity index is 347. The van der Waals surface area contributed by atoms with Gasteiger partial charge in [0.1, 0.15) is 13.0 Å². The van der Waals surface area contributed by atoms with Crippen LogP contribution in [0.5, 0.6) is 0 Å². The predicted molar refractivity (Wildman–Crippen MR) is 64.8 cm³/mol. The molecule has 94 valence electrons. The molecule has 2 heterocycles. The van der Waals surface area contributed by atoms with Gasteiger partial charge >= 0.3 is 5.97 Å². The lowest BCUT2D eigenvalue weighted by atomic mass is 9.97. The van der Waals surface area contributed by atoms with Gasteiger partial charge in [0.2, 0.25) is 0 Å². The van der Waals surface area contributed by atoms with Crippen molar-refractivity contribution in [2.24, 2.45) is 0 Å². The zero-order valence-electron chi connectivity index (χ0n) is 10.1. The third-order valence-corrected chi connectivity index (χ3v) is 3.39. The maximum Gasteiger partial charge on any atom is 0.312 e. The fraction of sp³-hybridized carbons (Fsp3) is 0.692. The molecule has 1 unspecified atom stereocenters. The van der Waals surface area contributed by atoms with Crippen LogP contribution >= 0.6 is 0 Å². The molecule has 0 aliphatic carbocycles. The Balaban J connectivity index is 2.11. The number of hydrogen-bond acceptors (Lipinski definition) is 3. The van der Waals surface area contributed by atoms with Crippen molar-refractivity contribution in [3.63, 3.8) is 0 Å². The van der Waals surface area contributed by atoms with E-state index in [0.29, 0.717) is 6.61 Å². The summed E-state index contributed by atoms with van der Waals surface area (Å²) in [6.45, 7) is 0.334. The number of cyclic esters (lactones) is 1. The Labute approximate surface area is 102 Å². The summed E-state index contributed by atoms with van der Waals surface area (Å²) in [7, 11) is 0. The predicted octanol–water partition coefficient (Wildman–Crippen LogP) is 2.16. The molecule has 2 bridgehead atoms. The first-order valence-corrected chi connectivity index (χ1v) is 6.39. The van der Waals surface area contributed by atoms with Crippen molar-refractivity contribution in [3.8, 4) is 0 Å². The fourth-order valence-electron chi connectivity index (χ4n) is 2.45. The first-order chi connectivity index (χ1) is 8.27. The molecule has 0 fully saturated rings. The second-order valence-corrected chi connectivity index (χ2v) is 4.69. The highest BCUT2D eigenvalue weighted by Gasteiger charge is 2.28. The molecule has 4 heteroatoms. The van der Waals surface area contributed by atoms with Crippen LogP contribution in [-0.4, -0.2) is 29.1 Å². The van der Waals surface area contributed by atoms with Crippen LogP contribution in [0.3, 0.4) is 0 Å². The minimum atomic E-state index is -0.262. The van der Waals surface area contributed by atoms with Crippen LogP contribution in [0.1, 0.15) is 44.9 Å². The molecular weight excluding hydrogens is 218 g/mol. The summed E-state index contributed by atoms with van der Waals surface area (Å²) in [5.41, 5.74) is 0.961. The van der Waals surface area contributed by atoms with Gasteiger partial charge in [-0.3, -0.25) is 4.79 Å². The molecule has 0 radical (unpaired) electrons. The van der Waals surface area contributed by atoms with Crippen LogP contribution in [0.15, 0.2) is 12.2 Å². The number of carbonyl (C=O) groups excluding carboxylic acids is 1. The highest BCUT2D eigenvalue weighted by Crippen LogP contribution is 2.19. The first-order valence-electron chi connectivity index (χ1n) is 6.39. The molecule has 2 aliphatic heterocycles. The van der Waals surface area contributed by atoms with Crippen LogP contribution in [0.4, 0.5) is 0 Å². The average molecular weight is 237 g/mol. The van der Waals surface area contributed by atoms with Gasteiger partial charge < -0.3 is 9.94 Å². The quantitative estimate of drug-likeness (QED) is 0.281. The van der Waals surface area contributed by atoms with Gasteiger partial charge in [0.15, 0.2) is 11.8 Å². The van der Waals surface area contributed by atoms with Crippen molar-refractivity contribution in [1.29, 1.82) is 0 Å². The van der Waals surface area contributed by atoms with Crippen molar-refractivity contribution in [3.05, 3.63) is 17.4 Å². The van der Waals surface area contributed by atoms with Crippen LogP contribution in [0, 0.1) is 5.21 Å². The lowest BCUT2D eigenvalue weighted by Crippen LogP contribution is -2.34. The van der Waals surface area contributed by atoms with Gasteiger partial charge in [-0.1, -0.05) is 12.2 Å². The summed E-state index contributed by atoms with van der Waals surface area (Å²) in [5, 5.41) is 12.0. The minimum absolute atomic E-state index is 0.199. The summed E-state index contributed by atoms with van der Waals surface area (Å²) in [6.07, 6.45) is 9.64. The van der Waals surface area contributed by atoms with E-state index >= 15 is 0 Å². The summed E-state index contributed by atoms with van der Waals surface area (Å²) >= 11 is 0. The van der Waals surface area contributed by atoms with Gasteiger partial charge in [0.05, 0.1) is 0 Å². The third-order valence-electron chi connectivity index (χ3n) is 3.39. The lowest BCUT2D eigenvalue weighted by Gasteiger charge is -2.24. The van der Waals surface area contributed by atoms with E-state index in [1.54, 1.807) is 0 Å². The normalized spacial score (nSPS) is 28.9. The Hall–Kier alpha value is -1.32.